The van der Waals surface area contributed by atoms with Gasteiger partial charge in [-0.25, -0.2) is 4.98 Å². The lowest BCUT2D eigenvalue weighted by Gasteiger charge is -2.39. The minimum Gasteiger partial charge on any atom is -0.497 e. The zero-order valence-corrected chi connectivity index (χ0v) is 15.9. The molecule has 0 radical (unpaired) electrons. The first-order chi connectivity index (χ1) is 14.1. The van der Waals surface area contributed by atoms with E-state index in [2.05, 4.69) is 4.98 Å². The fourth-order valence-corrected chi connectivity index (χ4v) is 3.54. The van der Waals surface area contributed by atoms with E-state index in [0.29, 0.717) is 36.8 Å². The molecule has 1 unspecified atom stereocenters. The Morgan fingerprint density at radius 1 is 1.24 bits per heavy atom. The third-order valence-corrected chi connectivity index (χ3v) is 5.15. The number of pyridine rings is 1. The van der Waals surface area contributed by atoms with E-state index in [0.717, 1.165) is 5.69 Å². The Hall–Kier alpha value is -3.60. The predicted octanol–water partition coefficient (Wildman–Crippen LogP) is 1.60. The first-order valence-corrected chi connectivity index (χ1v) is 9.33. The van der Waals surface area contributed by atoms with Crippen molar-refractivity contribution in [1.29, 1.82) is 5.26 Å². The number of anilines is 1. The molecule has 1 aromatic heterocycles. The Morgan fingerprint density at radius 2 is 2.07 bits per heavy atom. The number of likely N-dealkylation sites (tertiary alicyclic amines) is 1. The van der Waals surface area contributed by atoms with Crippen LogP contribution in [0.2, 0.25) is 0 Å². The second-order valence-electron chi connectivity index (χ2n) is 7.09. The fourth-order valence-electron chi connectivity index (χ4n) is 3.54. The average Bonchev–Trinajstić information content (AvgIpc) is 3.12. The summed E-state index contributed by atoms with van der Waals surface area (Å²) in [5.41, 5.74) is 1.20. The molecule has 0 aliphatic carbocycles. The lowest BCUT2D eigenvalue weighted by Crippen LogP contribution is -2.57. The SMILES string of the molecule is COc1cccc(N2CC(C(=O)N3CC(Oc4ccc(C#N)cn4)C3)CC2=O)c1. The lowest BCUT2D eigenvalue weighted by atomic mass is 10.0. The van der Waals surface area contributed by atoms with Crippen molar-refractivity contribution in [3.8, 4) is 17.7 Å². The van der Waals surface area contributed by atoms with Crippen molar-refractivity contribution >= 4 is 17.5 Å². The minimum absolute atomic E-state index is 0.0311. The summed E-state index contributed by atoms with van der Waals surface area (Å²) in [4.78, 5) is 32.6. The number of hydrogen-bond acceptors (Lipinski definition) is 6. The molecule has 0 saturated carbocycles. The highest BCUT2D eigenvalue weighted by atomic mass is 16.5. The van der Waals surface area contributed by atoms with Crippen LogP contribution in [0.25, 0.3) is 0 Å². The van der Waals surface area contributed by atoms with Crippen LogP contribution in [0, 0.1) is 17.2 Å². The highest BCUT2D eigenvalue weighted by Crippen LogP contribution is 2.30. The van der Waals surface area contributed by atoms with Crippen LogP contribution in [-0.2, 0) is 9.59 Å². The maximum Gasteiger partial charge on any atom is 0.228 e. The maximum absolute atomic E-state index is 12.8. The molecule has 1 aromatic carbocycles. The van der Waals surface area contributed by atoms with Gasteiger partial charge in [-0.15, -0.1) is 0 Å². The summed E-state index contributed by atoms with van der Waals surface area (Å²) < 4.78 is 10.9. The van der Waals surface area contributed by atoms with Gasteiger partial charge < -0.3 is 19.3 Å². The quantitative estimate of drug-likeness (QED) is 0.767. The van der Waals surface area contributed by atoms with Crippen LogP contribution < -0.4 is 14.4 Å². The van der Waals surface area contributed by atoms with Gasteiger partial charge in [0.05, 0.1) is 31.7 Å². The molecular formula is C21H20N4O4. The van der Waals surface area contributed by atoms with Crippen LogP contribution in [0.4, 0.5) is 5.69 Å². The molecule has 3 heterocycles. The fraction of sp³-hybridized carbons (Fsp3) is 0.333. The lowest BCUT2D eigenvalue weighted by molar-refractivity contribution is -0.144. The molecule has 1 atom stereocenters. The van der Waals surface area contributed by atoms with Crippen LogP contribution in [-0.4, -0.2) is 54.5 Å². The second-order valence-corrected chi connectivity index (χ2v) is 7.09. The van der Waals surface area contributed by atoms with E-state index >= 15 is 0 Å². The molecule has 2 fully saturated rings. The van der Waals surface area contributed by atoms with Crippen LogP contribution >= 0.6 is 0 Å². The van der Waals surface area contributed by atoms with Gasteiger partial charge in [-0.3, -0.25) is 9.59 Å². The van der Waals surface area contributed by atoms with E-state index in [1.165, 1.54) is 6.20 Å². The molecule has 29 heavy (non-hydrogen) atoms. The monoisotopic (exact) mass is 392 g/mol. The summed E-state index contributed by atoms with van der Waals surface area (Å²) in [5.74, 6) is 0.649. The number of rotatable bonds is 5. The Morgan fingerprint density at radius 3 is 2.76 bits per heavy atom. The molecule has 2 aliphatic heterocycles. The third kappa shape index (κ3) is 3.85. The Labute approximate surface area is 168 Å². The average molecular weight is 392 g/mol. The molecule has 4 rings (SSSR count). The van der Waals surface area contributed by atoms with Crippen molar-refractivity contribution in [3.63, 3.8) is 0 Å². The summed E-state index contributed by atoms with van der Waals surface area (Å²) in [5, 5.41) is 8.79. The van der Waals surface area contributed by atoms with Gasteiger partial charge in [0.15, 0.2) is 0 Å². The predicted molar refractivity (Wildman–Crippen MR) is 103 cm³/mol. The molecule has 0 spiro atoms. The van der Waals surface area contributed by atoms with Crippen LogP contribution in [0.15, 0.2) is 42.6 Å². The standard InChI is InChI=1S/C21H20N4O4/c1-28-17-4-2-3-16(8-17)25-11-15(7-20(25)26)21(27)24-12-18(13-24)29-19-6-5-14(9-22)10-23-19/h2-6,8,10,15,18H,7,11-13H2,1H3. The van der Waals surface area contributed by atoms with E-state index in [1.54, 1.807) is 35.1 Å². The zero-order chi connectivity index (χ0) is 20.4. The van der Waals surface area contributed by atoms with Gasteiger partial charge in [0.2, 0.25) is 17.7 Å². The van der Waals surface area contributed by atoms with E-state index < -0.39 is 0 Å². The molecule has 2 aliphatic rings. The van der Waals surface area contributed by atoms with Gasteiger partial charge in [-0.1, -0.05) is 6.07 Å². The number of amides is 2. The van der Waals surface area contributed by atoms with Crippen molar-refractivity contribution in [2.24, 2.45) is 5.92 Å². The van der Waals surface area contributed by atoms with E-state index in [-0.39, 0.29) is 30.3 Å². The molecule has 148 valence electrons. The molecule has 2 aromatic rings. The normalized spacial score (nSPS) is 18.9. The summed E-state index contributed by atoms with van der Waals surface area (Å²) in [6, 6.07) is 12.6. The van der Waals surface area contributed by atoms with Gasteiger partial charge in [0.25, 0.3) is 0 Å². The topological polar surface area (TPSA) is 95.8 Å². The number of methoxy groups -OCH3 is 1. The van der Waals surface area contributed by atoms with Crippen molar-refractivity contribution in [3.05, 3.63) is 48.2 Å². The van der Waals surface area contributed by atoms with Gasteiger partial charge in [0, 0.05) is 37.0 Å². The van der Waals surface area contributed by atoms with Gasteiger partial charge in [0.1, 0.15) is 17.9 Å². The summed E-state index contributed by atoms with van der Waals surface area (Å²) in [7, 11) is 1.58. The molecular weight excluding hydrogens is 372 g/mol. The highest BCUT2D eigenvalue weighted by Gasteiger charge is 2.41. The maximum atomic E-state index is 12.8. The van der Waals surface area contributed by atoms with Gasteiger partial charge in [-0.2, -0.15) is 5.26 Å². The molecule has 0 N–H and O–H groups in total. The largest absolute Gasteiger partial charge is 0.497 e. The van der Waals surface area contributed by atoms with E-state index in [4.69, 9.17) is 14.7 Å². The van der Waals surface area contributed by atoms with E-state index in [9.17, 15) is 9.59 Å². The van der Waals surface area contributed by atoms with Gasteiger partial charge >= 0.3 is 0 Å². The van der Waals surface area contributed by atoms with Crippen molar-refractivity contribution in [1.82, 2.24) is 9.88 Å². The van der Waals surface area contributed by atoms with Crippen LogP contribution in [0.1, 0.15) is 12.0 Å². The number of carbonyl (C=O) groups is 2. The molecule has 8 nitrogen and oxygen atoms in total. The Kier molecular flexibility index (Phi) is 5.04. The zero-order valence-electron chi connectivity index (χ0n) is 15.9. The molecule has 2 amide bonds. The molecule has 2 saturated heterocycles. The Balaban J connectivity index is 1.31. The van der Waals surface area contributed by atoms with Crippen LogP contribution in [0.3, 0.4) is 0 Å². The smallest absolute Gasteiger partial charge is 0.228 e. The number of aromatic nitrogens is 1. The highest BCUT2D eigenvalue weighted by molar-refractivity contribution is 6.00. The number of nitrogens with zero attached hydrogens (tertiary/aromatic N) is 4. The third-order valence-electron chi connectivity index (χ3n) is 5.15. The second kappa shape index (κ2) is 7.80. The first kappa shape index (κ1) is 18.7. The number of hydrogen-bond donors (Lipinski definition) is 0. The van der Waals surface area contributed by atoms with Gasteiger partial charge in [-0.05, 0) is 18.2 Å². The number of carbonyl (C=O) groups excluding carboxylic acids is 2. The number of nitriles is 1. The van der Waals surface area contributed by atoms with Crippen molar-refractivity contribution in [2.45, 2.75) is 12.5 Å². The van der Waals surface area contributed by atoms with Crippen LogP contribution in [0.5, 0.6) is 11.6 Å². The van der Waals surface area contributed by atoms with E-state index in [1.807, 2.05) is 24.3 Å². The summed E-state index contributed by atoms with van der Waals surface area (Å²) >= 11 is 0. The van der Waals surface area contributed by atoms with Crippen molar-refractivity contribution < 1.29 is 19.1 Å². The van der Waals surface area contributed by atoms with Crippen molar-refractivity contribution in [2.75, 3.05) is 31.6 Å². The Bertz CT molecular complexity index is 963. The molecule has 0 bridgehead atoms. The number of ether oxygens (including phenoxy) is 2. The number of benzene rings is 1. The summed E-state index contributed by atoms with van der Waals surface area (Å²) in [6.45, 7) is 1.29. The first-order valence-electron chi connectivity index (χ1n) is 9.33. The summed E-state index contributed by atoms with van der Waals surface area (Å²) in [6.07, 6.45) is 1.52. The molecule has 8 heteroatoms. The minimum atomic E-state index is -0.359.